The van der Waals surface area contributed by atoms with Gasteiger partial charge in [0.25, 0.3) is 11.4 Å². The van der Waals surface area contributed by atoms with Gasteiger partial charge in [0.15, 0.2) is 0 Å². The summed E-state index contributed by atoms with van der Waals surface area (Å²) < 4.78 is 53.4. The Morgan fingerprint density at radius 2 is 1.77 bits per heavy atom. The number of ether oxygens (including phenoxy) is 2. The van der Waals surface area contributed by atoms with Gasteiger partial charge in [-0.3, -0.25) is 4.79 Å². The molecule has 0 atom stereocenters. The molecule has 0 spiro atoms. The van der Waals surface area contributed by atoms with Crippen molar-refractivity contribution in [2.45, 2.75) is 19.3 Å². The van der Waals surface area contributed by atoms with Gasteiger partial charge >= 0.3 is 6.36 Å². The summed E-state index contributed by atoms with van der Waals surface area (Å²) in [6.45, 7) is 1.34. The van der Waals surface area contributed by atoms with Crippen molar-refractivity contribution in [2.24, 2.45) is 5.73 Å². The molecular weight excluding hydrogens is 465 g/mol. The molecule has 0 aliphatic heterocycles. The van der Waals surface area contributed by atoms with Crippen molar-refractivity contribution in [1.29, 1.82) is 0 Å². The molecule has 0 aliphatic rings. The number of halogens is 3. The van der Waals surface area contributed by atoms with E-state index in [1.165, 1.54) is 22.8 Å². The first-order valence-electron chi connectivity index (χ1n) is 10.6. The Kier molecular flexibility index (Phi) is 7.16. The first-order chi connectivity index (χ1) is 16.8. The quantitative estimate of drug-likeness (QED) is 0.353. The maximum absolute atomic E-state index is 12.4. The van der Waals surface area contributed by atoms with Gasteiger partial charge in [-0.2, -0.15) is 4.98 Å². The molecule has 0 saturated heterocycles. The van der Waals surface area contributed by atoms with Crippen LogP contribution in [0.25, 0.3) is 22.8 Å². The second-order valence-corrected chi connectivity index (χ2v) is 7.52. The first-order valence-corrected chi connectivity index (χ1v) is 10.6. The fourth-order valence-corrected chi connectivity index (χ4v) is 3.25. The molecule has 4 aromatic rings. The summed E-state index contributed by atoms with van der Waals surface area (Å²) in [6.07, 6.45) is -2.44. The number of pyridine rings is 1. The Balaban J connectivity index is 1.51. The maximum atomic E-state index is 12.4. The van der Waals surface area contributed by atoms with Gasteiger partial charge in [-0.15, -0.1) is 13.2 Å². The fraction of sp³-hybridized carbons (Fsp3) is 0.208. The van der Waals surface area contributed by atoms with E-state index in [0.29, 0.717) is 36.6 Å². The molecule has 8 nitrogen and oxygen atoms in total. The standard InChI is InChI=1S/C24H21F3N4O4/c25-24(26,27)34-19-8-5-17(6-9-19)22-29-23(35-30-22)18-7-10-21(32)31(15-18)14-16-3-1-4-20(13-16)33-12-2-11-28/h1,3-10,13,15H,2,11-12,14,28H2. The summed E-state index contributed by atoms with van der Waals surface area (Å²) in [5.74, 6) is 0.668. The Hall–Kier alpha value is -4.12. The van der Waals surface area contributed by atoms with Crippen LogP contribution in [0.5, 0.6) is 11.5 Å². The number of benzene rings is 2. The van der Waals surface area contributed by atoms with E-state index < -0.39 is 6.36 Å². The molecule has 2 aromatic carbocycles. The fourth-order valence-electron chi connectivity index (χ4n) is 3.25. The smallest absolute Gasteiger partial charge is 0.494 e. The van der Waals surface area contributed by atoms with Gasteiger partial charge in [-0.1, -0.05) is 17.3 Å². The summed E-state index contributed by atoms with van der Waals surface area (Å²) >= 11 is 0. The molecule has 0 aliphatic carbocycles. The molecule has 2 heterocycles. The third kappa shape index (κ3) is 6.48. The van der Waals surface area contributed by atoms with Crippen LogP contribution in [0.4, 0.5) is 13.2 Å². The molecule has 0 bridgehead atoms. The normalized spacial score (nSPS) is 11.4. The highest BCUT2D eigenvalue weighted by Crippen LogP contribution is 2.27. The van der Waals surface area contributed by atoms with Crippen LogP contribution in [0.15, 0.2) is 76.2 Å². The zero-order valence-corrected chi connectivity index (χ0v) is 18.4. The molecule has 182 valence electrons. The van der Waals surface area contributed by atoms with Gasteiger partial charge in [0.2, 0.25) is 5.82 Å². The maximum Gasteiger partial charge on any atom is 0.573 e. The lowest BCUT2D eigenvalue weighted by molar-refractivity contribution is -0.274. The first kappa shape index (κ1) is 24.0. The van der Waals surface area contributed by atoms with Crippen molar-refractivity contribution < 1.29 is 27.2 Å². The van der Waals surface area contributed by atoms with Crippen LogP contribution in [-0.2, 0) is 6.54 Å². The number of rotatable bonds is 9. The van der Waals surface area contributed by atoms with Crippen molar-refractivity contribution in [2.75, 3.05) is 13.2 Å². The summed E-state index contributed by atoms with van der Waals surface area (Å²) in [4.78, 5) is 16.7. The van der Waals surface area contributed by atoms with Gasteiger partial charge in [0, 0.05) is 17.8 Å². The van der Waals surface area contributed by atoms with E-state index in [1.807, 2.05) is 24.3 Å². The van der Waals surface area contributed by atoms with E-state index in [2.05, 4.69) is 14.9 Å². The predicted molar refractivity (Wildman–Crippen MR) is 121 cm³/mol. The highest BCUT2D eigenvalue weighted by Gasteiger charge is 2.31. The van der Waals surface area contributed by atoms with E-state index >= 15 is 0 Å². The summed E-state index contributed by atoms with van der Waals surface area (Å²) in [5, 5.41) is 3.89. The Morgan fingerprint density at radius 1 is 1.00 bits per heavy atom. The van der Waals surface area contributed by atoms with Gasteiger partial charge in [-0.05, 0) is 61.0 Å². The summed E-state index contributed by atoms with van der Waals surface area (Å²) in [5.41, 5.74) is 7.08. The third-order valence-electron chi connectivity index (χ3n) is 4.87. The van der Waals surface area contributed by atoms with Crippen LogP contribution in [-0.4, -0.2) is 34.2 Å². The molecule has 11 heteroatoms. The van der Waals surface area contributed by atoms with Crippen LogP contribution in [0.2, 0.25) is 0 Å². The van der Waals surface area contributed by atoms with Crippen molar-refractivity contribution in [3.8, 4) is 34.3 Å². The van der Waals surface area contributed by atoms with E-state index in [-0.39, 0.29) is 23.0 Å². The molecular formula is C24H21F3N4O4. The Bertz CT molecular complexity index is 1330. The van der Waals surface area contributed by atoms with E-state index in [0.717, 1.165) is 24.1 Å². The zero-order valence-electron chi connectivity index (χ0n) is 18.4. The lowest BCUT2D eigenvalue weighted by atomic mass is 10.2. The lowest BCUT2D eigenvalue weighted by Gasteiger charge is -2.10. The SMILES string of the molecule is NCCCOc1cccc(Cn2cc(-c3nc(-c4ccc(OC(F)(F)F)cc4)no3)ccc2=O)c1. The van der Waals surface area contributed by atoms with Gasteiger partial charge < -0.3 is 24.3 Å². The molecule has 0 fully saturated rings. The second kappa shape index (κ2) is 10.4. The summed E-state index contributed by atoms with van der Waals surface area (Å²) in [6, 6.07) is 15.5. The minimum absolute atomic E-state index is 0.156. The molecule has 0 unspecified atom stereocenters. The number of nitrogens with two attached hydrogens (primary N) is 1. The van der Waals surface area contributed by atoms with Crippen LogP contribution < -0.4 is 20.8 Å². The lowest BCUT2D eigenvalue weighted by Crippen LogP contribution is -2.19. The zero-order chi connectivity index (χ0) is 24.8. The van der Waals surface area contributed by atoms with Crippen molar-refractivity contribution >= 4 is 0 Å². The van der Waals surface area contributed by atoms with E-state index in [9.17, 15) is 18.0 Å². The molecule has 0 amide bonds. The van der Waals surface area contributed by atoms with Crippen LogP contribution in [0, 0.1) is 0 Å². The molecule has 0 saturated carbocycles. The molecule has 0 radical (unpaired) electrons. The minimum atomic E-state index is -4.78. The number of aromatic nitrogens is 3. The summed E-state index contributed by atoms with van der Waals surface area (Å²) in [7, 11) is 0. The van der Waals surface area contributed by atoms with Crippen molar-refractivity contribution in [3.05, 3.63) is 82.8 Å². The topological polar surface area (TPSA) is 105 Å². The minimum Gasteiger partial charge on any atom is -0.494 e. The number of nitrogens with zero attached hydrogens (tertiary/aromatic N) is 3. The van der Waals surface area contributed by atoms with Crippen molar-refractivity contribution in [3.63, 3.8) is 0 Å². The molecule has 4 rings (SSSR count). The third-order valence-corrected chi connectivity index (χ3v) is 4.87. The highest BCUT2D eigenvalue weighted by molar-refractivity contribution is 5.60. The Morgan fingerprint density at radius 3 is 2.51 bits per heavy atom. The average Bonchev–Trinajstić information content (AvgIpc) is 3.31. The molecule has 2 aromatic heterocycles. The van der Waals surface area contributed by atoms with E-state index in [1.54, 1.807) is 12.3 Å². The number of hydrogen-bond acceptors (Lipinski definition) is 7. The van der Waals surface area contributed by atoms with Crippen LogP contribution in [0.1, 0.15) is 12.0 Å². The van der Waals surface area contributed by atoms with Gasteiger partial charge in [0.05, 0.1) is 18.7 Å². The second-order valence-electron chi connectivity index (χ2n) is 7.52. The number of hydrogen-bond donors (Lipinski definition) is 1. The van der Waals surface area contributed by atoms with E-state index in [4.69, 9.17) is 15.0 Å². The molecule has 35 heavy (non-hydrogen) atoms. The monoisotopic (exact) mass is 486 g/mol. The van der Waals surface area contributed by atoms with Crippen LogP contribution in [0.3, 0.4) is 0 Å². The van der Waals surface area contributed by atoms with Gasteiger partial charge in [0.1, 0.15) is 11.5 Å². The Labute approximate surface area is 197 Å². The highest BCUT2D eigenvalue weighted by atomic mass is 19.4. The van der Waals surface area contributed by atoms with Crippen molar-refractivity contribution in [1.82, 2.24) is 14.7 Å². The van der Waals surface area contributed by atoms with Crippen LogP contribution >= 0.6 is 0 Å². The molecule has 2 N–H and O–H groups in total. The van der Waals surface area contributed by atoms with Gasteiger partial charge in [-0.25, -0.2) is 0 Å². The predicted octanol–water partition coefficient (Wildman–Crippen LogP) is 4.24. The average molecular weight is 486 g/mol. The largest absolute Gasteiger partial charge is 0.573 e. The number of alkyl halides is 3.